The van der Waals surface area contributed by atoms with Crippen LogP contribution in [0, 0.1) is 13.8 Å². The van der Waals surface area contributed by atoms with Crippen molar-refractivity contribution in [2.45, 2.75) is 13.8 Å². The number of pyridine rings is 1. The monoisotopic (exact) mass is 281 g/mol. The van der Waals surface area contributed by atoms with Crippen LogP contribution >= 0.6 is 0 Å². The Morgan fingerprint density at radius 2 is 1.95 bits per heavy atom. The van der Waals surface area contributed by atoms with Gasteiger partial charge < -0.3 is 4.74 Å². The average Bonchev–Trinajstić information content (AvgIpc) is 2.89. The molecule has 21 heavy (non-hydrogen) atoms. The summed E-state index contributed by atoms with van der Waals surface area (Å²) in [6.07, 6.45) is 5.25. The minimum Gasteiger partial charge on any atom is -0.437 e. The number of ether oxygens (including phenoxy) is 1. The van der Waals surface area contributed by atoms with E-state index in [0.717, 1.165) is 17.0 Å². The van der Waals surface area contributed by atoms with Crippen LogP contribution in [0.15, 0.2) is 36.8 Å². The molecule has 106 valence electrons. The van der Waals surface area contributed by atoms with Crippen molar-refractivity contribution in [2.75, 3.05) is 0 Å². The summed E-state index contributed by atoms with van der Waals surface area (Å²) in [5.74, 6) is 1.76. The molecule has 0 fully saturated rings. The van der Waals surface area contributed by atoms with Crippen molar-refractivity contribution in [1.82, 2.24) is 24.7 Å². The molecule has 0 atom stereocenters. The first-order chi connectivity index (χ1) is 10.1. The molecule has 3 aromatic heterocycles. The number of nitrogens with zero attached hydrogens (tertiary/aromatic N) is 5. The maximum atomic E-state index is 5.79. The molecule has 0 unspecified atom stereocenters. The van der Waals surface area contributed by atoms with Crippen LogP contribution < -0.4 is 4.74 Å². The lowest BCUT2D eigenvalue weighted by molar-refractivity contribution is 0.455. The van der Waals surface area contributed by atoms with Crippen molar-refractivity contribution < 1.29 is 4.74 Å². The predicted octanol–water partition coefficient (Wildman–Crippen LogP) is 2.68. The first-order valence-corrected chi connectivity index (χ1v) is 6.56. The molecular formula is C15H15N5O. The van der Waals surface area contributed by atoms with Crippen molar-refractivity contribution in [3.63, 3.8) is 0 Å². The Kier molecular flexibility index (Phi) is 3.35. The molecule has 3 heterocycles. The first kappa shape index (κ1) is 13.2. The highest BCUT2D eigenvalue weighted by Crippen LogP contribution is 2.24. The highest BCUT2D eigenvalue weighted by atomic mass is 16.5. The van der Waals surface area contributed by atoms with E-state index in [4.69, 9.17) is 4.74 Å². The summed E-state index contributed by atoms with van der Waals surface area (Å²) in [6.45, 7) is 3.85. The van der Waals surface area contributed by atoms with E-state index in [1.807, 2.05) is 39.2 Å². The molecule has 3 aromatic rings. The van der Waals surface area contributed by atoms with Crippen molar-refractivity contribution >= 4 is 0 Å². The molecule has 0 saturated heterocycles. The van der Waals surface area contributed by atoms with Gasteiger partial charge in [-0.3, -0.25) is 9.67 Å². The van der Waals surface area contributed by atoms with Gasteiger partial charge in [-0.25, -0.2) is 4.98 Å². The molecule has 0 aliphatic heterocycles. The fourth-order valence-electron chi connectivity index (χ4n) is 1.97. The van der Waals surface area contributed by atoms with E-state index in [9.17, 15) is 0 Å². The molecule has 0 N–H and O–H groups in total. The predicted molar refractivity (Wildman–Crippen MR) is 78.0 cm³/mol. The zero-order chi connectivity index (χ0) is 14.8. The third kappa shape index (κ3) is 2.89. The van der Waals surface area contributed by atoms with Crippen LogP contribution in [0.2, 0.25) is 0 Å². The molecule has 0 aromatic carbocycles. The number of aryl methyl sites for hydroxylation is 3. The van der Waals surface area contributed by atoms with Gasteiger partial charge in [0.2, 0.25) is 5.88 Å². The molecule has 0 bridgehead atoms. The normalized spacial score (nSPS) is 10.6. The average molecular weight is 281 g/mol. The van der Waals surface area contributed by atoms with Crippen LogP contribution in [-0.4, -0.2) is 24.7 Å². The fourth-order valence-corrected chi connectivity index (χ4v) is 1.97. The number of aromatic nitrogens is 5. The Hall–Kier alpha value is -2.76. The summed E-state index contributed by atoms with van der Waals surface area (Å²) in [7, 11) is 1.85. The third-order valence-electron chi connectivity index (χ3n) is 2.98. The van der Waals surface area contributed by atoms with Gasteiger partial charge in [-0.1, -0.05) is 0 Å². The Morgan fingerprint density at radius 1 is 1.10 bits per heavy atom. The van der Waals surface area contributed by atoms with Crippen LogP contribution in [0.1, 0.15) is 11.4 Å². The highest BCUT2D eigenvalue weighted by Gasteiger charge is 2.08. The van der Waals surface area contributed by atoms with Gasteiger partial charge in [0.15, 0.2) is 11.6 Å². The minimum atomic E-state index is 0.484. The lowest BCUT2D eigenvalue weighted by Gasteiger charge is -2.08. The van der Waals surface area contributed by atoms with Gasteiger partial charge in [0.05, 0.1) is 17.5 Å². The molecule has 0 aliphatic carbocycles. The van der Waals surface area contributed by atoms with Gasteiger partial charge in [0.25, 0.3) is 0 Å². The van der Waals surface area contributed by atoms with Gasteiger partial charge in [-0.05, 0) is 26.0 Å². The van der Waals surface area contributed by atoms with Crippen LogP contribution in [0.3, 0.4) is 0 Å². The molecular weight excluding hydrogens is 266 g/mol. The summed E-state index contributed by atoms with van der Waals surface area (Å²) in [6, 6.07) is 5.52. The highest BCUT2D eigenvalue weighted by molar-refractivity contribution is 5.52. The van der Waals surface area contributed by atoms with Crippen molar-refractivity contribution in [3.8, 4) is 23.0 Å². The second-order valence-corrected chi connectivity index (χ2v) is 4.76. The topological polar surface area (TPSA) is 65.7 Å². The second-order valence-electron chi connectivity index (χ2n) is 4.76. The van der Waals surface area contributed by atoms with Gasteiger partial charge in [0.1, 0.15) is 0 Å². The maximum Gasteiger partial charge on any atom is 0.222 e. The number of hydrogen-bond acceptors (Lipinski definition) is 5. The largest absolute Gasteiger partial charge is 0.437 e. The van der Waals surface area contributed by atoms with Crippen molar-refractivity contribution in [2.24, 2.45) is 7.05 Å². The molecule has 6 heteroatoms. The van der Waals surface area contributed by atoms with Crippen LogP contribution in [-0.2, 0) is 7.05 Å². The van der Waals surface area contributed by atoms with E-state index < -0.39 is 0 Å². The molecule has 6 nitrogen and oxygen atoms in total. The van der Waals surface area contributed by atoms with Gasteiger partial charge in [0, 0.05) is 31.2 Å². The van der Waals surface area contributed by atoms with Crippen LogP contribution in [0.5, 0.6) is 11.6 Å². The lowest BCUT2D eigenvalue weighted by atomic mass is 10.3. The summed E-state index contributed by atoms with van der Waals surface area (Å²) >= 11 is 0. The summed E-state index contributed by atoms with van der Waals surface area (Å²) < 4.78 is 7.50. The Labute approximate surface area is 122 Å². The zero-order valence-corrected chi connectivity index (χ0v) is 12.1. The summed E-state index contributed by atoms with van der Waals surface area (Å²) in [4.78, 5) is 13.0. The molecule has 0 amide bonds. The SMILES string of the molecule is Cc1ccc(Oc2ccnc(-c3cnn(C)c3)n2)c(C)n1. The Morgan fingerprint density at radius 3 is 2.67 bits per heavy atom. The van der Waals surface area contributed by atoms with Crippen LogP contribution in [0.25, 0.3) is 11.4 Å². The minimum absolute atomic E-state index is 0.484. The fraction of sp³-hybridized carbons (Fsp3) is 0.200. The molecule has 0 aliphatic rings. The van der Waals surface area contributed by atoms with E-state index in [1.165, 1.54) is 0 Å². The second kappa shape index (κ2) is 5.32. The van der Waals surface area contributed by atoms with E-state index in [1.54, 1.807) is 23.1 Å². The maximum absolute atomic E-state index is 5.79. The number of rotatable bonds is 3. The van der Waals surface area contributed by atoms with Gasteiger partial charge in [-0.2, -0.15) is 10.1 Å². The quantitative estimate of drug-likeness (QED) is 0.738. The summed E-state index contributed by atoms with van der Waals surface area (Å²) in [5, 5.41) is 4.12. The van der Waals surface area contributed by atoms with E-state index in [-0.39, 0.29) is 0 Å². The molecule has 3 rings (SSSR count). The standard InChI is InChI=1S/C15H15N5O/c1-10-4-5-13(11(2)18-10)21-14-6-7-16-15(19-14)12-8-17-20(3)9-12/h4-9H,1-3H3. The van der Waals surface area contributed by atoms with E-state index >= 15 is 0 Å². The third-order valence-corrected chi connectivity index (χ3v) is 2.98. The van der Waals surface area contributed by atoms with Crippen LogP contribution in [0.4, 0.5) is 0 Å². The molecule has 0 saturated carbocycles. The molecule has 0 radical (unpaired) electrons. The number of hydrogen-bond donors (Lipinski definition) is 0. The Balaban J connectivity index is 1.89. The van der Waals surface area contributed by atoms with E-state index in [2.05, 4.69) is 20.1 Å². The molecule has 0 spiro atoms. The van der Waals surface area contributed by atoms with Crippen molar-refractivity contribution in [1.29, 1.82) is 0 Å². The zero-order valence-electron chi connectivity index (χ0n) is 12.1. The van der Waals surface area contributed by atoms with E-state index in [0.29, 0.717) is 17.5 Å². The lowest BCUT2D eigenvalue weighted by Crippen LogP contribution is -1.96. The van der Waals surface area contributed by atoms with Gasteiger partial charge >= 0.3 is 0 Å². The summed E-state index contributed by atoms with van der Waals surface area (Å²) in [5.41, 5.74) is 2.64. The first-order valence-electron chi connectivity index (χ1n) is 6.56. The van der Waals surface area contributed by atoms with Crippen molar-refractivity contribution in [3.05, 3.63) is 48.2 Å². The Bertz CT molecular complexity index is 781. The van der Waals surface area contributed by atoms with Gasteiger partial charge in [-0.15, -0.1) is 0 Å². The smallest absolute Gasteiger partial charge is 0.222 e.